The molecule has 0 radical (unpaired) electrons. The summed E-state index contributed by atoms with van der Waals surface area (Å²) in [7, 11) is -2.87. The van der Waals surface area contributed by atoms with Crippen LogP contribution in [0.1, 0.15) is 43.0 Å². The number of aryl methyl sites for hydroxylation is 1. The summed E-state index contributed by atoms with van der Waals surface area (Å²) in [6, 6.07) is 31.4. The number of hydrogen-bond acceptors (Lipinski definition) is 11. The lowest BCUT2D eigenvalue weighted by atomic mass is 10.0. The zero-order chi connectivity index (χ0) is 40.3. The van der Waals surface area contributed by atoms with Crippen LogP contribution in [-0.4, -0.2) is 79.1 Å². The molecule has 296 valence electrons. The predicted octanol–water partition coefficient (Wildman–Crippen LogP) is 3.87. The number of rotatable bonds is 15. The lowest BCUT2D eigenvalue weighted by Crippen LogP contribution is -2.60. The summed E-state index contributed by atoms with van der Waals surface area (Å²) in [5, 5.41) is 0. The highest BCUT2D eigenvalue weighted by molar-refractivity contribution is 7.86. The van der Waals surface area contributed by atoms with Crippen molar-refractivity contribution < 1.29 is 41.1 Å². The van der Waals surface area contributed by atoms with E-state index in [1.54, 1.807) is 36.4 Å². The van der Waals surface area contributed by atoms with Gasteiger partial charge in [-0.2, -0.15) is 8.42 Å². The molecule has 3 heterocycles. The van der Waals surface area contributed by atoms with Crippen LogP contribution >= 0.6 is 0 Å². The number of methoxy groups -OCH3 is 1. The Hall–Kier alpha value is -5.71. The Labute approximate surface area is 328 Å². The summed E-state index contributed by atoms with van der Waals surface area (Å²) in [5.74, 6) is -0.827. The van der Waals surface area contributed by atoms with Gasteiger partial charge in [0.25, 0.3) is 27.5 Å². The standard InChI is InChI=1S/C42H41N3O11S/c1-28-22-45(41(49)43(38(28)46)23-29-18-20-32(52-2)21-19-29)42(27-44-39(47)33-16-10-11-17-34(33)40(44)48)37(56-57(3,50)51)36(54-25-31-14-8-5-9-15-31)35(55-42)26-53-24-30-12-6-4-7-13-30/h4-22,35-37H,23-27H2,1-3H3/t35-,36-,37+,42-/m1/s1. The molecule has 2 aliphatic heterocycles. The summed E-state index contributed by atoms with van der Waals surface area (Å²) in [4.78, 5) is 57.5. The number of nitrogens with zero attached hydrogens (tertiary/aromatic N) is 3. The number of hydrogen-bond donors (Lipinski definition) is 0. The quantitative estimate of drug-likeness (QED) is 0.112. The third-order valence-electron chi connectivity index (χ3n) is 9.93. The van der Waals surface area contributed by atoms with Crippen molar-refractivity contribution in [3.05, 3.63) is 170 Å². The van der Waals surface area contributed by atoms with E-state index in [-0.39, 0.29) is 43.1 Å². The fraction of sp³-hybridized carbons (Fsp3) is 0.286. The third kappa shape index (κ3) is 8.24. The second-order valence-electron chi connectivity index (χ2n) is 13.9. The van der Waals surface area contributed by atoms with Crippen molar-refractivity contribution in [2.45, 2.75) is 50.7 Å². The molecule has 7 rings (SSSR count). The van der Waals surface area contributed by atoms with Crippen LogP contribution in [0, 0.1) is 6.92 Å². The van der Waals surface area contributed by atoms with E-state index < -0.39 is 63.8 Å². The number of carbonyl (C=O) groups is 2. The second-order valence-corrected chi connectivity index (χ2v) is 15.5. The van der Waals surface area contributed by atoms with Gasteiger partial charge in [0, 0.05) is 11.8 Å². The van der Waals surface area contributed by atoms with E-state index in [1.165, 1.54) is 32.4 Å². The van der Waals surface area contributed by atoms with Gasteiger partial charge in [-0.1, -0.05) is 84.9 Å². The first-order chi connectivity index (χ1) is 27.4. The highest BCUT2D eigenvalue weighted by Gasteiger charge is 2.62. The molecule has 1 fully saturated rings. The van der Waals surface area contributed by atoms with Gasteiger partial charge in [0.15, 0.2) is 11.8 Å². The molecule has 5 aromatic rings. The summed E-state index contributed by atoms with van der Waals surface area (Å²) in [5.41, 5.74) is -1.38. The number of carbonyl (C=O) groups excluding carboxylic acids is 2. The van der Waals surface area contributed by atoms with Gasteiger partial charge in [0.05, 0.1) is 57.4 Å². The Morgan fingerprint density at radius 2 is 1.33 bits per heavy atom. The van der Waals surface area contributed by atoms with Crippen molar-refractivity contribution in [1.82, 2.24) is 14.0 Å². The molecule has 1 saturated heterocycles. The molecular formula is C42H41N3O11S. The van der Waals surface area contributed by atoms with Crippen LogP contribution in [0.2, 0.25) is 0 Å². The Morgan fingerprint density at radius 1 is 0.754 bits per heavy atom. The van der Waals surface area contributed by atoms with Crippen molar-refractivity contribution >= 4 is 21.9 Å². The van der Waals surface area contributed by atoms with Crippen molar-refractivity contribution in [2.24, 2.45) is 0 Å². The predicted molar refractivity (Wildman–Crippen MR) is 207 cm³/mol. The summed E-state index contributed by atoms with van der Waals surface area (Å²) >= 11 is 0. The van der Waals surface area contributed by atoms with Crippen molar-refractivity contribution in [3.8, 4) is 5.75 Å². The maximum atomic E-state index is 14.9. The minimum absolute atomic E-state index is 0.0400. The molecule has 2 amide bonds. The Balaban J connectivity index is 1.40. The number of imide groups is 1. The molecular weight excluding hydrogens is 755 g/mol. The molecule has 0 aliphatic carbocycles. The first kappa shape index (κ1) is 39.5. The number of benzene rings is 4. The molecule has 0 bridgehead atoms. The third-order valence-corrected chi connectivity index (χ3v) is 10.5. The molecule has 4 aromatic carbocycles. The van der Waals surface area contributed by atoms with Gasteiger partial charge < -0.3 is 18.9 Å². The van der Waals surface area contributed by atoms with E-state index in [0.717, 1.165) is 31.4 Å². The summed E-state index contributed by atoms with van der Waals surface area (Å²) < 4.78 is 59.2. The Kier molecular flexibility index (Phi) is 11.4. The molecule has 4 atom stereocenters. The van der Waals surface area contributed by atoms with Gasteiger partial charge in [-0.25, -0.2) is 4.79 Å². The average molecular weight is 796 g/mol. The minimum Gasteiger partial charge on any atom is -0.497 e. The maximum Gasteiger partial charge on any atom is 0.333 e. The summed E-state index contributed by atoms with van der Waals surface area (Å²) in [6.45, 7) is 0.495. The molecule has 0 unspecified atom stereocenters. The highest BCUT2D eigenvalue weighted by atomic mass is 32.2. The molecule has 14 nitrogen and oxygen atoms in total. The number of aromatic nitrogens is 2. The average Bonchev–Trinajstić information content (AvgIpc) is 3.62. The smallest absolute Gasteiger partial charge is 0.333 e. The molecule has 15 heteroatoms. The van der Waals surface area contributed by atoms with Crippen LogP contribution in [-0.2, 0) is 54.0 Å². The van der Waals surface area contributed by atoms with Crippen molar-refractivity contribution in [1.29, 1.82) is 0 Å². The van der Waals surface area contributed by atoms with E-state index in [1.807, 2.05) is 60.7 Å². The van der Waals surface area contributed by atoms with Crippen LogP contribution in [0.3, 0.4) is 0 Å². The van der Waals surface area contributed by atoms with Gasteiger partial charge in [-0.15, -0.1) is 0 Å². The van der Waals surface area contributed by atoms with Crippen LogP contribution in [0.25, 0.3) is 0 Å². The highest BCUT2D eigenvalue weighted by Crippen LogP contribution is 2.42. The molecule has 2 aliphatic rings. The zero-order valence-electron chi connectivity index (χ0n) is 31.5. The van der Waals surface area contributed by atoms with E-state index in [4.69, 9.17) is 23.1 Å². The van der Waals surface area contributed by atoms with Crippen molar-refractivity contribution in [3.63, 3.8) is 0 Å². The normalized spacial score (nSPS) is 20.5. The number of ether oxygens (including phenoxy) is 4. The largest absolute Gasteiger partial charge is 0.497 e. The Morgan fingerprint density at radius 3 is 1.91 bits per heavy atom. The van der Waals surface area contributed by atoms with Gasteiger partial charge in [0.2, 0.25) is 0 Å². The van der Waals surface area contributed by atoms with Crippen LogP contribution in [0.4, 0.5) is 0 Å². The molecule has 1 aromatic heterocycles. The summed E-state index contributed by atoms with van der Waals surface area (Å²) in [6.07, 6.45) is -2.07. The number of fused-ring (bicyclic) bond motifs is 1. The zero-order valence-corrected chi connectivity index (χ0v) is 32.3. The van der Waals surface area contributed by atoms with Crippen LogP contribution in [0.15, 0.2) is 125 Å². The minimum atomic E-state index is -4.39. The fourth-order valence-electron chi connectivity index (χ4n) is 7.19. The van der Waals surface area contributed by atoms with E-state index >= 15 is 0 Å². The number of amides is 2. The fourth-order valence-corrected chi connectivity index (χ4v) is 7.82. The van der Waals surface area contributed by atoms with E-state index in [9.17, 15) is 27.6 Å². The molecule has 0 spiro atoms. The van der Waals surface area contributed by atoms with E-state index in [0.29, 0.717) is 11.3 Å². The topological polar surface area (TPSA) is 162 Å². The first-order valence-corrected chi connectivity index (χ1v) is 19.9. The monoisotopic (exact) mass is 795 g/mol. The van der Waals surface area contributed by atoms with Gasteiger partial charge in [-0.05, 0) is 47.9 Å². The molecule has 57 heavy (non-hydrogen) atoms. The lowest BCUT2D eigenvalue weighted by molar-refractivity contribution is -0.155. The van der Waals surface area contributed by atoms with Crippen LogP contribution in [0.5, 0.6) is 5.75 Å². The SMILES string of the molecule is COc1ccc(Cn2c(=O)c(C)cn([C@]3(CN4C(=O)c5ccccc5C4=O)O[C@H](COCc4ccccc4)[C@@H](OCc4ccccc4)[C@@H]3OS(C)(=O)=O)c2=O)cc1. The van der Waals surface area contributed by atoms with Gasteiger partial charge in [-0.3, -0.25) is 32.6 Å². The molecule has 0 saturated carbocycles. The Bertz CT molecular complexity index is 2450. The lowest BCUT2D eigenvalue weighted by Gasteiger charge is -2.38. The maximum absolute atomic E-state index is 14.9. The van der Waals surface area contributed by atoms with E-state index in [2.05, 4.69) is 0 Å². The van der Waals surface area contributed by atoms with Crippen molar-refractivity contribution in [2.75, 3.05) is 26.5 Å². The van der Waals surface area contributed by atoms with Gasteiger partial charge >= 0.3 is 5.69 Å². The van der Waals surface area contributed by atoms with Gasteiger partial charge in [0.1, 0.15) is 18.0 Å². The second kappa shape index (κ2) is 16.4. The first-order valence-electron chi connectivity index (χ1n) is 18.1. The van der Waals surface area contributed by atoms with Crippen LogP contribution < -0.4 is 16.0 Å². The molecule has 0 N–H and O–H groups in total.